The number of halogens is 1. The number of rotatable bonds is 7. The third kappa shape index (κ3) is 4.96. The van der Waals surface area contributed by atoms with Crippen molar-refractivity contribution in [1.29, 1.82) is 0 Å². The number of hydrogen-bond acceptors (Lipinski definition) is 2. The first kappa shape index (κ1) is 15.5. The maximum absolute atomic E-state index is 11.7. The minimum Gasteiger partial charge on any atom is -0.457 e. The molecule has 0 N–H and O–H groups in total. The molecule has 1 aromatic rings. The molecule has 0 bridgehead atoms. The van der Waals surface area contributed by atoms with Gasteiger partial charge in [-0.25, -0.2) is 0 Å². The van der Waals surface area contributed by atoms with Crippen molar-refractivity contribution in [2.24, 2.45) is 0 Å². The van der Waals surface area contributed by atoms with Crippen molar-refractivity contribution in [3.05, 3.63) is 33.4 Å². The van der Waals surface area contributed by atoms with Crippen molar-refractivity contribution >= 4 is 28.6 Å². The van der Waals surface area contributed by atoms with Crippen LogP contribution in [-0.2, 0) is 9.53 Å². The zero-order valence-corrected chi connectivity index (χ0v) is 13.3. The summed E-state index contributed by atoms with van der Waals surface area (Å²) in [5.74, 6) is -0.0849. The van der Waals surface area contributed by atoms with Crippen molar-refractivity contribution in [3.63, 3.8) is 0 Å². The number of unbranched alkanes of at least 4 members (excludes halogenated alkanes) is 1. The number of carbonyl (C=O) groups excluding carboxylic acids is 1. The van der Waals surface area contributed by atoms with Crippen LogP contribution in [0.5, 0.6) is 0 Å². The minimum absolute atomic E-state index is 0.0849. The van der Waals surface area contributed by atoms with Crippen LogP contribution in [0.3, 0.4) is 0 Å². The first-order valence-electron chi connectivity index (χ1n) is 6.62. The maximum atomic E-state index is 11.7. The van der Waals surface area contributed by atoms with Gasteiger partial charge in [0.2, 0.25) is 0 Å². The van der Waals surface area contributed by atoms with Gasteiger partial charge in [-0.3, -0.25) is 4.79 Å². The molecule has 0 amide bonds. The zero-order valence-electron chi connectivity index (χ0n) is 11.1. The highest BCUT2D eigenvalue weighted by Gasteiger charge is 2.17. The van der Waals surface area contributed by atoms with E-state index in [1.54, 1.807) is 0 Å². The molecule has 0 aliphatic carbocycles. The molecule has 0 aliphatic rings. The van der Waals surface area contributed by atoms with Crippen LogP contribution in [0.15, 0.2) is 24.3 Å². The minimum atomic E-state index is -0.0860. The maximum Gasteiger partial charge on any atom is 0.306 e. The Kier molecular flexibility index (Phi) is 7.32. The van der Waals surface area contributed by atoms with Crippen LogP contribution in [0.2, 0.25) is 0 Å². The lowest BCUT2D eigenvalue weighted by molar-refractivity contribution is -0.150. The first-order chi connectivity index (χ1) is 8.69. The summed E-state index contributed by atoms with van der Waals surface area (Å²) in [7, 11) is 0. The molecule has 1 unspecified atom stereocenters. The van der Waals surface area contributed by atoms with Gasteiger partial charge in [0.1, 0.15) is 6.10 Å². The van der Waals surface area contributed by atoms with Crippen molar-refractivity contribution in [1.82, 2.24) is 0 Å². The lowest BCUT2D eigenvalue weighted by atomic mass is 10.0. The van der Waals surface area contributed by atoms with Gasteiger partial charge in [-0.1, -0.05) is 38.5 Å². The fraction of sp³-hybridized carbons (Fsp3) is 0.533. The number of ether oxygens (including phenoxy) is 1. The van der Waals surface area contributed by atoms with Gasteiger partial charge in [-0.15, -0.1) is 0 Å². The fourth-order valence-corrected chi connectivity index (χ4v) is 2.56. The molecular weight excluding hydrogens is 339 g/mol. The molecule has 1 aromatic carbocycles. The van der Waals surface area contributed by atoms with E-state index in [9.17, 15) is 4.79 Å². The lowest BCUT2D eigenvalue weighted by Gasteiger charge is -2.19. The SMILES string of the molecule is CCCCC(OC(=O)CCC)c1ccccc1I. The molecule has 0 spiro atoms. The Morgan fingerprint density at radius 3 is 2.61 bits per heavy atom. The average molecular weight is 360 g/mol. The normalized spacial score (nSPS) is 12.2. The predicted octanol–water partition coefficient (Wildman–Crippen LogP) is 4.87. The van der Waals surface area contributed by atoms with Gasteiger partial charge in [-0.05, 0) is 47.9 Å². The summed E-state index contributed by atoms with van der Waals surface area (Å²) in [5.41, 5.74) is 1.14. The highest BCUT2D eigenvalue weighted by atomic mass is 127. The van der Waals surface area contributed by atoms with E-state index in [1.807, 2.05) is 19.1 Å². The summed E-state index contributed by atoms with van der Waals surface area (Å²) in [5, 5.41) is 0. The van der Waals surface area contributed by atoms with Crippen molar-refractivity contribution in [2.75, 3.05) is 0 Å². The summed E-state index contributed by atoms with van der Waals surface area (Å²) in [4.78, 5) is 11.7. The highest BCUT2D eigenvalue weighted by molar-refractivity contribution is 14.1. The topological polar surface area (TPSA) is 26.3 Å². The van der Waals surface area contributed by atoms with Crippen LogP contribution in [0.25, 0.3) is 0 Å². The molecule has 0 fully saturated rings. The zero-order chi connectivity index (χ0) is 13.4. The second-order valence-electron chi connectivity index (χ2n) is 4.39. The van der Waals surface area contributed by atoms with E-state index in [4.69, 9.17) is 4.74 Å². The molecular formula is C15H21IO2. The van der Waals surface area contributed by atoms with Gasteiger partial charge in [0.25, 0.3) is 0 Å². The van der Waals surface area contributed by atoms with Crippen LogP contribution in [-0.4, -0.2) is 5.97 Å². The van der Waals surface area contributed by atoms with E-state index in [0.717, 1.165) is 31.2 Å². The van der Waals surface area contributed by atoms with Crippen LogP contribution in [0.4, 0.5) is 0 Å². The number of hydrogen-bond donors (Lipinski definition) is 0. The van der Waals surface area contributed by atoms with Gasteiger partial charge < -0.3 is 4.74 Å². The Hall–Kier alpha value is -0.580. The number of esters is 1. The summed E-state index contributed by atoms with van der Waals surface area (Å²) in [6.07, 6.45) is 4.36. The monoisotopic (exact) mass is 360 g/mol. The third-order valence-corrected chi connectivity index (χ3v) is 3.78. The third-order valence-electron chi connectivity index (χ3n) is 2.80. The van der Waals surface area contributed by atoms with E-state index in [-0.39, 0.29) is 12.1 Å². The molecule has 1 atom stereocenters. The molecule has 0 saturated heterocycles. The molecule has 0 saturated carbocycles. The Balaban J connectivity index is 2.77. The summed E-state index contributed by atoms with van der Waals surface area (Å²) in [6.45, 7) is 4.15. The number of carbonyl (C=O) groups is 1. The van der Waals surface area contributed by atoms with E-state index in [2.05, 4.69) is 41.6 Å². The molecule has 1 rings (SSSR count). The smallest absolute Gasteiger partial charge is 0.306 e. The van der Waals surface area contributed by atoms with Gasteiger partial charge in [-0.2, -0.15) is 0 Å². The highest BCUT2D eigenvalue weighted by Crippen LogP contribution is 2.28. The van der Waals surface area contributed by atoms with Crippen LogP contribution < -0.4 is 0 Å². The van der Waals surface area contributed by atoms with Crippen LogP contribution in [0.1, 0.15) is 57.6 Å². The first-order valence-corrected chi connectivity index (χ1v) is 7.70. The molecule has 100 valence electrons. The molecule has 0 aliphatic heterocycles. The fourth-order valence-electron chi connectivity index (χ4n) is 1.83. The van der Waals surface area contributed by atoms with Gasteiger partial charge in [0, 0.05) is 15.6 Å². The van der Waals surface area contributed by atoms with Gasteiger partial charge in [0.05, 0.1) is 0 Å². The molecule has 0 aromatic heterocycles. The molecule has 0 radical (unpaired) electrons. The summed E-state index contributed by atoms with van der Waals surface area (Å²) in [6, 6.07) is 8.13. The van der Waals surface area contributed by atoms with Crippen molar-refractivity contribution in [3.8, 4) is 0 Å². The lowest BCUT2D eigenvalue weighted by Crippen LogP contribution is -2.12. The Morgan fingerprint density at radius 2 is 2.00 bits per heavy atom. The van der Waals surface area contributed by atoms with E-state index < -0.39 is 0 Å². The van der Waals surface area contributed by atoms with Crippen LogP contribution >= 0.6 is 22.6 Å². The number of benzene rings is 1. The standard InChI is InChI=1S/C15H21IO2/c1-3-5-11-14(18-15(17)8-4-2)12-9-6-7-10-13(12)16/h6-7,9-10,14H,3-5,8,11H2,1-2H3. The predicted molar refractivity (Wildman–Crippen MR) is 82.4 cm³/mol. The second-order valence-corrected chi connectivity index (χ2v) is 5.55. The van der Waals surface area contributed by atoms with Gasteiger partial charge >= 0.3 is 5.97 Å². The van der Waals surface area contributed by atoms with E-state index in [1.165, 1.54) is 3.57 Å². The molecule has 0 heterocycles. The van der Waals surface area contributed by atoms with Crippen molar-refractivity contribution < 1.29 is 9.53 Å². The van der Waals surface area contributed by atoms with E-state index in [0.29, 0.717) is 6.42 Å². The average Bonchev–Trinajstić information content (AvgIpc) is 2.35. The van der Waals surface area contributed by atoms with Gasteiger partial charge in [0.15, 0.2) is 0 Å². The largest absolute Gasteiger partial charge is 0.457 e. The van der Waals surface area contributed by atoms with E-state index >= 15 is 0 Å². The Bertz CT molecular complexity index is 377. The van der Waals surface area contributed by atoms with Crippen LogP contribution in [0, 0.1) is 3.57 Å². The molecule has 2 nitrogen and oxygen atoms in total. The Labute approximate surface area is 123 Å². The molecule has 18 heavy (non-hydrogen) atoms. The molecule has 3 heteroatoms. The quantitative estimate of drug-likeness (QED) is 0.513. The van der Waals surface area contributed by atoms with Crippen molar-refractivity contribution in [2.45, 2.75) is 52.1 Å². The summed E-state index contributed by atoms with van der Waals surface area (Å²) < 4.78 is 6.78. The summed E-state index contributed by atoms with van der Waals surface area (Å²) >= 11 is 2.30. The second kappa shape index (κ2) is 8.51. The Morgan fingerprint density at radius 1 is 1.28 bits per heavy atom.